The Morgan fingerprint density at radius 1 is 1.06 bits per heavy atom. The third-order valence-electron chi connectivity index (χ3n) is 1.30. The van der Waals surface area contributed by atoms with Crippen LogP contribution in [-0.2, 0) is 19.1 Å². The molecule has 0 aliphatic heterocycles. The van der Waals surface area contributed by atoms with Crippen LogP contribution in [0, 0.1) is 0 Å². The Morgan fingerprint density at radius 3 is 1.56 bits per heavy atom. The van der Waals surface area contributed by atoms with Crippen LogP contribution in [0.5, 0.6) is 0 Å². The monoisotopic (exact) mass is 264 g/mol. The zero-order valence-corrected chi connectivity index (χ0v) is 15.7. The van der Waals surface area contributed by atoms with Gasteiger partial charge >= 0.3 is 107 Å². The first kappa shape index (κ1) is 26.0. The minimum absolute atomic E-state index is 0. The number of hydrogen-bond donors (Lipinski definition) is 3. The third-order valence-corrected chi connectivity index (χ3v) is 1.30. The van der Waals surface area contributed by atoms with Gasteiger partial charge in [0.1, 0.15) is 6.61 Å². The van der Waals surface area contributed by atoms with Crippen LogP contribution in [-0.4, -0.2) is 45.4 Å². The van der Waals surface area contributed by atoms with Gasteiger partial charge in [-0.25, -0.2) is 14.4 Å². The molecule has 0 rings (SSSR count). The summed E-state index contributed by atoms with van der Waals surface area (Å²) in [6.07, 6.45) is 0. The molecule has 0 saturated carbocycles. The molecule has 0 spiro atoms. The molecule has 0 bridgehead atoms. The maximum absolute atomic E-state index is 10.4. The summed E-state index contributed by atoms with van der Waals surface area (Å²) in [6.45, 7) is -0.213. The average molecular weight is 264 g/mol. The molecular formula is C6H11Na3O7. The Balaban J connectivity index is -0.0000000480. The van der Waals surface area contributed by atoms with E-state index in [1.165, 1.54) is 0 Å². The van der Waals surface area contributed by atoms with Crippen LogP contribution in [0.15, 0.2) is 0 Å². The summed E-state index contributed by atoms with van der Waals surface area (Å²) in [5, 5.41) is 25.0. The van der Waals surface area contributed by atoms with Crippen molar-refractivity contribution in [1.29, 1.82) is 0 Å². The van der Waals surface area contributed by atoms with E-state index in [2.05, 4.69) is 4.74 Å². The van der Waals surface area contributed by atoms with Gasteiger partial charge in [0.2, 0.25) is 0 Å². The van der Waals surface area contributed by atoms with Crippen molar-refractivity contribution in [3.05, 3.63) is 0 Å². The number of hydrogen-bond acceptors (Lipinski definition) is 4. The van der Waals surface area contributed by atoms with E-state index in [-0.39, 0.29) is 93.0 Å². The van der Waals surface area contributed by atoms with E-state index < -0.39 is 30.1 Å². The van der Waals surface area contributed by atoms with E-state index in [0.29, 0.717) is 0 Å². The second kappa shape index (κ2) is 11.5. The molecule has 16 heavy (non-hydrogen) atoms. The number of aliphatic carboxylic acids is 3. The van der Waals surface area contributed by atoms with Crippen molar-refractivity contribution < 1.29 is 127 Å². The van der Waals surface area contributed by atoms with Crippen LogP contribution < -0.4 is 88.7 Å². The summed E-state index contributed by atoms with van der Waals surface area (Å²) in [7, 11) is 0. The van der Waals surface area contributed by atoms with E-state index in [1.54, 1.807) is 0 Å². The molecule has 0 fully saturated rings. The molecule has 0 atom stereocenters. The van der Waals surface area contributed by atoms with Crippen molar-refractivity contribution in [1.82, 2.24) is 0 Å². The fourth-order valence-corrected chi connectivity index (χ4v) is 0.421. The van der Waals surface area contributed by atoms with Gasteiger partial charge in [-0.1, -0.05) is 0 Å². The van der Waals surface area contributed by atoms with Gasteiger partial charge in [-0.05, 0) is 6.92 Å². The largest absolute Gasteiger partial charge is 1.00 e. The topological polar surface area (TPSA) is 121 Å². The number of carboxylic acids is 3. The summed E-state index contributed by atoms with van der Waals surface area (Å²) >= 11 is 0. The Morgan fingerprint density at radius 2 is 1.38 bits per heavy atom. The molecule has 0 radical (unpaired) electrons. The molecule has 0 unspecified atom stereocenters. The molecule has 0 heterocycles. The van der Waals surface area contributed by atoms with Crippen molar-refractivity contribution in [2.75, 3.05) is 6.61 Å². The number of ether oxygens (including phenoxy) is 1. The standard InChI is InChI=1S/C6H8O7.3Na.3H/c1-6(4(9)10,5(11)12)13-2-3(7)8;;;;;;/h2H2,1H3,(H,7,8)(H,9,10)(H,11,12);;;;;;/q;3*+1;3*-1. The Kier molecular flexibility index (Phi) is 18.7. The Bertz CT molecular complexity index is 252. The fourth-order valence-electron chi connectivity index (χ4n) is 0.421. The molecule has 0 aliphatic carbocycles. The number of carboxylic acid groups (broad SMARTS) is 3. The maximum atomic E-state index is 10.4. The second-order valence-corrected chi connectivity index (χ2v) is 2.33. The summed E-state index contributed by atoms with van der Waals surface area (Å²) in [6, 6.07) is 0. The van der Waals surface area contributed by atoms with Crippen LogP contribution in [0.2, 0.25) is 0 Å². The first-order chi connectivity index (χ1) is 5.80. The molecule has 0 aromatic heterocycles. The number of carbonyl (C=O) groups is 3. The van der Waals surface area contributed by atoms with E-state index in [4.69, 9.17) is 15.3 Å². The Hall–Kier alpha value is 1.37. The minimum atomic E-state index is -2.52. The van der Waals surface area contributed by atoms with Crippen molar-refractivity contribution in [3.63, 3.8) is 0 Å². The van der Waals surface area contributed by atoms with Crippen molar-refractivity contribution in [2.24, 2.45) is 0 Å². The molecule has 0 aliphatic rings. The van der Waals surface area contributed by atoms with E-state index in [1.807, 2.05) is 0 Å². The summed E-state index contributed by atoms with van der Waals surface area (Å²) in [5.74, 6) is -4.93. The second-order valence-electron chi connectivity index (χ2n) is 2.33. The third kappa shape index (κ3) is 8.46. The average Bonchev–Trinajstić information content (AvgIpc) is 1.99. The smallest absolute Gasteiger partial charge is 1.00 e. The van der Waals surface area contributed by atoms with Gasteiger partial charge in [-0.3, -0.25) is 0 Å². The maximum Gasteiger partial charge on any atom is 1.00 e. The molecule has 10 heteroatoms. The SMILES string of the molecule is CC(OCC(=O)O)(C(=O)O)C(=O)O.[H-].[H-].[H-].[Na+].[Na+].[Na+]. The molecule has 80 valence electrons. The predicted molar refractivity (Wildman–Crippen MR) is 40.6 cm³/mol. The van der Waals surface area contributed by atoms with Crippen molar-refractivity contribution in [2.45, 2.75) is 12.5 Å². The first-order valence-corrected chi connectivity index (χ1v) is 3.13. The van der Waals surface area contributed by atoms with Gasteiger partial charge in [0.05, 0.1) is 0 Å². The molecule has 0 amide bonds. The molecule has 7 nitrogen and oxygen atoms in total. The summed E-state index contributed by atoms with van der Waals surface area (Å²) in [5.41, 5.74) is -2.52. The van der Waals surface area contributed by atoms with Crippen molar-refractivity contribution >= 4 is 17.9 Å². The Labute approximate surface area is 162 Å². The van der Waals surface area contributed by atoms with Crippen LogP contribution in [0.3, 0.4) is 0 Å². The fraction of sp³-hybridized carbons (Fsp3) is 0.500. The van der Waals surface area contributed by atoms with Crippen LogP contribution >= 0.6 is 0 Å². The molecule has 0 saturated heterocycles. The van der Waals surface area contributed by atoms with Gasteiger partial charge in [-0.2, -0.15) is 0 Å². The van der Waals surface area contributed by atoms with Crippen molar-refractivity contribution in [3.8, 4) is 0 Å². The first-order valence-electron chi connectivity index (χ1n) is 3.13. The predicted octanol–water partition coefficient (Wildman–Crippen LogP) is -9.64. The zero-order chi connectivity index (χ0) is 10.6. The summed E-state index contributed by atoms with van der Waals surface area (Å²) in [4.78, 5) is 30.7. The quantitative estimate of drug-likeness (QED) is 0.333. The molecule has 3 N–H and O–H groups in total. The van der Waals surface area contributed by atoms with Gasteiger partial charge in [0.15, 0.2) is 0 Å². The zero-order valence-electron chi connectivity index (χ0n) is 12.7. The minimum Gasteiger partial charge on any atom is -1.00 e. The van der Waals surface area contributed by atoms with Gasteiger partial charge in [0.25, 0.3) is 5.60 Å². The molecule has 0 aromatic carbocycles. The van der Waals surface area contributed by atoms with Crippen LogP contribution in [0.1, 0.15) is 11.2 Å². The van der Waals surface area contributed by atoms with Gasteiger partial charge in [0, 0.05) is 0 Å². The van der Waals surface area contributed by atoms with E-state index in [0.717, 1.165) is 6.92 Å². The van der Waals surface area contributed by atoms with E-state index >= 15 is 0 Å². The van der Waals surface area contributed by atoms with Crippen LogP contribution in [0.25, 0.3) is 0 Å². The molecule has 0 aromatic rings. The summed E-state index contributed by atoms with van der Waals surface area (Å²) < 4.78 is 4.22. The molecular weight excluding hydrogens is 253 g/mol. The number of rotatable bonds is 5. The van der Waals surface area contributed by atoms with Crippen LogP contribution in [0.4, 0.5) is 0 Å². The normalized spacial score (nSPS) is 8.81. The van der Waals surface area contributed by atoms with E-state index in [9.17, 15) is 14.4 Å². The van der Waals surface area contributed by atoms with Gasteiger partial charge < -0.3 is 24.3 Å². The van der Waals surface area contributed by atoms with Gasteiger partial charge in [-0.15, -0.1) is 0 Å².